The minimum absolute atomic E-state index is 0.0690. The van der Waals surface area contributed by atoms with Crippen molar-refractivity contribution in [1.29, 1.82) is 0 Å². The van der Waals surface area contributed by atoms with Gasteiger partial charge in [-0.3, -0.25) is 4.79 Å². The van der Waals surface area contributed by atoms with Crippen LogP contribution >= 0.6 is 0 Å². The lowest BCUT2D eigenvalue weighted by Gasteiger charge is -2.16. The number of para-hydroxylation sites is 1. The van der Waals surface area contributed by atoms with Crippen molar-refractivity contribution in [2.75, 3.05) is 20.3 Å². The molecule has 0 fully saturated rings. The number of rotatable bonds is 6. The lowest BCUT2D eigenvalue weighted by molar-refractivity contribution is -0.136. The number of phenols is 1. The average Bonchev–Trinajstić information content (AvgIpc) is 2.83. The van der Waals surface area contributed by atoms with E-state index >= 15 is 0 Å². The molecule has 25 heavy (non-hydrogen) atoms. The van der Waals surface area contributed by atoms with Gasteiger partial charge in [0.2, 0.25) is 0 Å². The number of hydrogen-bond donors (Lipinski definition) is 1. The average molecular weight is 345 g/mol. The Labute approximate surface area is 147 Å². The largest absolute Gasteiger partial charge is 0.504 e. The second kappa shape index (κ2) is 7.88. The number of aromatic hydroxyl groups is 1. The van der Waals surface area contributed by atoms with E-state index in [0.717, 1.165) is 6.42 Å². The quantitative estimate of drug-likeness (QED) is 0.634. The van der Waals surface area contributed by atoms with Crippen LogP contribution in [0.15, 0.2) is 35.0 Å². The first-order valence-corrected chi connectivity index (χ1v) is 8.24. The molecule has 0 aromatic heterocycles. The molecule has 0 aliphatic carbocycles. The van der Waals surface area contributed by atoms with E-state index in [9.17, 15) is 14.7 Å². The number of ether oxygens (including phenoxy) is 2. The Balaban J connectivity index is 2.56. The summed E-state index contributed by atoms with van der Waals surface area (Å²) >= 11 is 0. The van der Waals surface area contributed by atoms with Gasteiger partial charge in [-0.15, -0.1) is 0 Å². The monoisotopic (exact) mass is 345 g/mol. The lowest BCUT2D eigenvalue weighted by atomic mass is 10.0. The third kappa shape index (κ3) is 3.52. The number of methoxy groups -OCH3 is 1. The van der Waals surface area contributed by atoms with Crippen molar-refractivity contribution < 1.29 is 24.2 Å². The van der Waals surface area contributed by atoms with E-state index in [1.165, 1.54) is 13.2 Å². The highest BCUT2D eigenvalue weighted by Crippen LogP contribution is 2.36. The summed E-state index contributed by atoms with van der Waals surface area (Å²) in [5.74, 6) is -0.592. The van der Waals surface area contributed by atoms with Crippen LogP contribution in [0.2, 0.25) is 0 Å². The van der Waals surface area contributed by atoms with Crippen LogP contribution in [0.5, 0.6) is 11.5 Å². The summed E-state index contributed by atoms with van der Waals surface area (Å²) in [5, 5.41) is 10.4. The van der Waals surface area contributed by atoms with Gasteiger partial charge in [-0.1, -0.05) is 19.1 Å². The molecule has 6 heteroatoms. The van der Waals surface area contributed by atoms with Crippen molar-refractivity contribution in [1.82, 2.24) is 4.90 Å². The number of benzene rings is 1. The van der Waals surface area contributed by atoms with Crippen LogP contribution < -0.4 is 4.74 Å². The summed E-state index contributed by atoms with van der Waals surface area (Å²) in [6.07, 6.45) is 2.27. The first-order valence-electron chi connectivity index (χ1n) is 8.24. The molecule has 1 aromatic carbocycles. The molecule has 1 heterocycles. The zero-order valence-electron chi connectivity index (χ0n) is 15.0. The topological polar surface area (TPSA) is 76.1 Å². The van der Waals surface area contributed by atoms with Crippen LogP contribution in [-0.2, 0) is 14.3 Å². The second-order valence-electron chi connectivity index (χ2n) is 5.59. The molecule has 0 radical (unpaired) electrons. The van der Waals surface area contributed by atoms with Gasteiger partial charge in [0.15, 0.2) is 11.5 Å². The molecule has 0 saturated heterocycles. The Bertz CT molecular complexity index is 748. The number of amides is 1. The predicted octanol–water partition coefficient (Wildman–Crippen LogP) is 2.87. The standard InChI is InChI=1S/C19H23NO5/c1-5-10-20-12(3)16(19(23)24-4)14(18(20)22)11-13-8-7-9-15(17(13)21)25-6-2/h7-9,11,21H,5-6,10H2,1-4H3/b14-11-. The Morgan fingerprint density at radius 3 is 2.64 bits per heavy atom. The van der Waals surface area contributed by atoms with Crippen LogP contribution in [0, 0.1) is 0 Å². The summed E-state index contributed by atoms with van der Waals surface area (Å²) < 4.78 is 10.2. The Kier molecular flexibility index (Phi) is 5.85. The molecule has 1 N–H and O–H groups in total. The molecular formula is C19H23NO5. The van der Waals surface area contributed by atoms with E-state index < -0.39 is 5.97 Å². The first-order chi connectivity index (χ1) is 12.0. The minimum Gasteiger partial charge on any atom is -0.504 e. The van der Waals surface area contributed by atoms with Gasteiger partial charge >= 0.3 is 5.97 Å². The molecule has 1 aliphatic rings. The van der Waals surface area contributed by atoms with Crippen LogP contribution in [0.3, 0.4) is 0 Å². The first kappa shape index (κ1) is 18.6. The Morgan fingerprint density at radius 1 is 1.32 bits per heavy atom. The minimum atomic E-state index is -0.573. The SMILES string of the molecule is CCCN1C(=O)/C(=C\c2cccc(OCC)c2O)C(C(=O)OC)=C1C. The van der Waals surface area contributed by atoms with Crippen molar-refractivity contribution >= 4 is 18.0 Å². The van der Waals surface area contributed by atoms with Crippen molar-refractivity contribution in [3.8, 4) is 11.5 Å². The summed E-state index contributed by atoms with van der Waals surface area (Å²) in [7, 11) is 1.28. The molecule has 1 aliphatic heterocycles. The Hall–Kier alpha value is -2.76. The van der Waals surface area contributed by atoms with E-state index in [0.29, 0.717) is 30.2 Å². The third-order valence-electron chi connectivity index (χ3n) is 3.98. The highest BCUT2D eigenvalue weighted by atomic mass is 16.5. The summed E-state index contributed by atoms with van der Waals surface area (Å²) in [5.41, 5.74) is 1.40. The van der Waals surface area contributed by atoms with E-state index in [4.69, 9.17) is 9.47 Å². The van der Waals surface area contributed by atoms with E-state index in [2.05, 4.69) is 0 Å². The van der Waals surface area contributed by atoms with Crippen LogP contribution in [0.4, 0.5) is 0 Å². The zero-order chi connectivity index (χ0) is 18.6. The summed E-state index contributed by atoms with van der Waals surface area (Å²) in [6, 6.07) is 5.02. The molecule has 2 rings (SSSR count). The lowest BCUT2D eigenvalue weighted by Crippen LogP contribution is -2.25. The molecule has 0 spiro atoms. The van der Waals surface area contributed by atoms with Gasteiger partial charge in [-0.05, 0) is 32.4 Å². The third-order valence-corrected chi connectivity index (χ3v) is 3.98. The normalized spacial score (nSPS) is 15.9. The van der Waals surface area contributed by atoms with Crippen molar-refractivity contribution in [3.63, 3.8) is 0 Å². The van der Waals surface area contributed by atoms with E-state index in [1.807, 2.05) is 13.8 Å². The zero-order valence-corrected chi connectivity index (χ0v) is 15.0. The number of nitrogens with zero attached hydrogens (tertiary/aromatic N) is 1. The maximum atomic E-state index is 12.8. The number of carbonyl (C=O) groups is 2. The fourth-order valence-electron chi connectivity index (χ4n) is 2.80. The van der Waals surface area contributed by atoms with E-state index in [1.54, 1.807) is 30.0 Å². The maximum absolute atomic E-state index is 12.8. The number of allylic oxidation sites excluding steroid dienone is 1. The van der Waals surface area contributed by atoms with E-state index in [-0.39, 0.29) is 22.8 Å². The molecule has 6 nitrogen and oxygen atoms in total. The number of esters is 1. The fourth-order valence-corrected chi connectivity index (χ4v) is 2.80. The second-order valence-corrected chi connectivity index (χ2v) is 5.59. The predicted molar refractivity (Wildman–Crippen MR) is 94.0 cm³/mol. The van der Waals surface area contributed by atoms with Gasteiger partial charge < -0.3 is 19.5 Å². The van der Waals surface area contributed by atoms with Gasteiger partial charge in [0.05, 0.1) is 24.9 Å². The maximum Gasteiger partial charge on any atom is 0.340 e. The number of carbonyl (C=O) groups excluding carboxylic acids is 2. The van der Waals surface area contributed by atoms with Gasteiger partial charge in [0, 0.05) is 17.8 Å². The van der Waals surface area contributed by atoms with Crippen molar-refractivity contribution in [3.05, 3.63) is 40.6 Å². The highest BCUT2D eigenvalue weighted by Gasteiger charge is 2.36. The molecule has 0 atom stereocenters. The van der Waals surface area contributed by atoms with Crippen LogP contribution in [0.25, 0.3) is 6.08 Å². The Morgan fingerprint density at radius 2 is 2.04 bits per heavy atom. The van der Waals surface area contributed by atoms with Crippen LogP contribution in [-0.4, -0.2) is 42.1 Å². The summed E-state index contributed by atoms with van der Waals surface area (Å²) in [6.45, 7) is 6.40. The number of hydrogen-bond acceptors (Lipinski definition) is 5. The molecule has 1 amide bonds. The molecule has 0 saturated carbocycles. The molecule has 0 bridgehead atoms. The van der Waals surface area contributed by atoms with Gasteiger partial charge in [0.25, 0.3) is 5.91 Å². The molecule has 134 valence electrons. The smallest absolute Gasteiger partial charge is 0.340 e. The highest BCUT2D eigenvalue weighted by molar-refractivity contribution is 6.16. The van der Waals surface area contributed by atoms with Crippen LogP contribution in [0.1, 0.15) is 32.8 Å². The summed E-state index contributed by atoms with van der Waals surface area (Å²) in [4.78, 5) is 26.5. The van der Waals surface area contributed by atoms with Crippen molar-refractivity contribution in [2.45, 2.75) is 27.2 Å². The molecule has 1 aromatic rings. The molecule has 0 unspecified atom stereocenters. The molecular weight excluding hydrogens is 322 g/mol. The van der Waals surface area contributed by atoms with Crippen molar-refractivity contribution in [2.24, 2.45) is 0 Å². The van der Waals surface area contributed by atoms with Gasteiger partial charge in [0.1, 0.15) is 0 Å². The van der Waals surface area contributed by atoms with Gasteiger partial charge in [-0.2, -0.15) is 0 Å². The fraction of sp³-hybridized carbons (Fsp3) is 0.368. The van der Waals surface area contributed by atoms with Gasteiger partial charge in [-0.25, -0.2) is 4.79 Å². The number of phenolic OH excluding ortho intramolecular Hbond substituents is 1.